The number of aromatic nitrogens is 4. The molecule has 2 rings (SSSR count). The summed E-state index contributed by atoms with van der Waals surface area (Å²) in [6, 6.07) is 1.97. The quantitative estimate of drug-likeness (QED) is 0.644. The van der Waals surface area contributed by atoms with E-state index in [2.05, 4.69) is 15.1 Å². The number of rotatable bonds is 1. The third-order valence-corrected chi connectivity index (χ3v) is 1.83. The molecule has 0 aromatic carbocycles. The van der Waals surface area contributed by atoms with Crippen molar-refractivity contribution >= 4 is 17.4 Å². The van der Waals surface area contributed by atoms with E-state index in [-0.39, 0.29) is 6.01 Å². The molecular formula is C7H7ClN4O. The molecule has 0 saturated heterocycles. The zero-order valence-electron chi connectivity index (χ0n) is 7.15. The Bertz CT molecular complexity index is 453. The molecule has 0 aliphatic heterocycles. The van der Waals surface area contributed by atoms with Gasteiger partial charge in [-0.2, -0.15) is 9.50 Å². The van der Waals surface area contributed by atoms with Gasteiger partial charge in [0.25, 0.3) is 5.78 Å². The second-order valence-corrected chi connectivity index (χ2v) is 2.92. The van der Waals surface area contributed by atoms with Crippen LogP contribution in [-0.4, -0.2) is 26.7 Å². The van der Waals surface area contributed by atoms with Crippen molar-refractivity contribution in [2.75, 3.05) is 7.11 Å². The van der Waals surface area contributed by atoms with Gasteiger partial charge < -0.3 is 4.74 Å². The minimum Gasteiger partial charge on any atom is -0.466 e. The number of ether oxygens (including phenoxy) is 1. The highest BCUT2D eigenvalue weighted by molar-refractivity contribution is 6.29. The molecule has 0 fully saturated rings. The van der Waals surface area contributed by atoms with Crippen molar-refractivity contribution in [1.29, 1.82) is 0 Å². The van der Waals surface area contributed by atoms with Crippen molar-refractivity contribution in [3.05, 3.63) is 16.9 Å². The van der Waals surface area contributed by atoms with Crippen LogP contribution >= 0.6 is 11.6 Å². The van der Waals surface area contributed by atoms with Crippen LogP contribution in [0.3, 0.4) is 0 Å². The number of aryl methyl sites for hydroxylation is 1. The van der Waals surface area contributed by atoms with Crippen molar-refractivity contribution in [3.8, 4) is 6.01 Å². The molecule has 13 heavy (non-hydrogen) atoms. The van der Waals surface area contributed by atoms with Crippen molar-refractivity contribution in [1.82, 2.24) is 19.6 Å². The molecule has 0 bridgehead atoms. The molecule has 0 unspecified atom stereocenters. The van der Waals surface area contributed by atoms with Crippen molar-refractivity contribution in [3.63, 3.8) is 0 Å². The van der Waals surface area contributed by atoms with Gasteiger partial charge in [0, 0.05) is 5.69 Å². The van der Waals surface area contributed by atoms with Gasteiger partial charge in [-0.25, -0.2) is 4.98 Å². The Balaban J connectivity index is 2.75. The molecule has 0 atom stereocenters. The molecule has 0 radical (unpaired) electrons. The largest absolute Gasteiger partial charge is 0.466 e. The molecule has 0 saturated carbocycles. The fourth-order valence-electron chi connectivity index (χ4n) is 1.01. The van der Waals surface area contributed by atoms with Gasteiger partial charge in [-0.3, -0.25) is 0 Å². The Morgan fingerprint density at radius 1 is 1.46 bits per heavy atom. The predicted octanol–water partition coefficient (Wildman–Crippen LogP) is 1.09. The maximum Gasteiger partial charge on any atom is 0.337 e. The first kappa shape index (κ1) is 8.25. The summed E-state index contributed by atoms with van der Waals surface area (Å²) < 4.78 is 6.28. The normalized spacial score (nSPS) is 10.7. The van der Waals surface area contributed by atoms with Gasteiger partial charge in [-0.1, -0.05) is 11.6 Å². The highest BCUT2D eigenvalue weighted by Gasteiger charge is 2.07. The maximum absolute atomic E-state index is 5.90. The summed E-state index contributed by atoms with van der Waals surface area (Å²) in [5.74, 6) is 0.446. The van der Waals surface area contributed by atoms with E-state index < -0.39 is 0 Å². The van der Waals surface area contributed by atoms with Crippen molar-refractivity contribution in [2.45, 2.75) is 6.92 Å². The molecular weight excluding hydrogens is 192 g/mol. The first-order chi connectivity index (χ1) is 6.20. The summed E-state index contributed by atoms with van der Waals surface area (Å²) in [6.45, 7) is 1.84. The Labute approximate surface area is 79.3 Å². The summed E-state index contributed by atoms with van der Waals surface area (Å²) in [6.07, 6.45) is 0. The molecule has 0 spiro atoms. The van der Waals surface area contributed by atoms with Crippen molar-refractivity contribution in [2.24, 2.45) is 0 Å². The minimum absolute atomic E-state index is 0.264. The van der Waals surface area contributed by atoms with Crippen LogP contribution in [0.4, 0.5) is 0 Å². The van der Waals surface area contributed by atoms with Crippen LogP contribution in [0.1, 0.15) is 5.69 Å². The Hall–Kier alpha value is -1.36. The summed E-state index contributed by atoms with van der Waals surface area (Å²) in [5.41, 5.74) is 0.799. The van der Waals surface area contributed by atoms with Crippen LogP contribution < -0.4 is 4.74 Å². The number of fused-ring (bicyclic) bond motifs is 1. The maximum atomic E-state index is 5.90. The molecule has 0 aliphatic carbocycles. The Kier molecular flexibility index (Phi) is 1.81. The molecule has 2 aromatic rings. The third kappa shape index (κ3) is 1.31. The molecule has 2 heterocycles. The number of methoxy groups -OCH3 is 1. The first-order valence-corrected chi connectivity index (χ1v) is 4.02. The smallest absolute Gasteiger partial charge is 0.337 e. The van der Waals surface area contributed by atoms with Gasteiger partial charge in [0.15, 0.2) is 0 Å². The zero-order valence-corrected chi connectivity index (χ0v) is 7.91. The van der Waals surface area contributed by atoms with Crippen molar-refractivity contribution < 1.29 is 4.74 Å². The van der Waals surface area contributed by atoms with E-state index in [0.717, 1.165) is 5.69 Å². The van der Waals surface area contributed by atoms with Crippen LogP contribution in [0.2, 0.25) is 5.15 Å². The number of hydrogen-bond donors (Lipinski definition) is 0. The van der Waals surface area contributed by atoms with Gasteiger partial charge in [-0.15, -0.1) is 5.10 Å². The summed E-state index contributed by atoms with van der Waals surface area (Å²) in [4.78, 5) is 8.12. The van der Waals surface area contributed by atoms with Crippen LogP contribution in [-0.2, 0) is 0 Å². The first-order valence-electron chi connectivity index (χ1n) is 3.64. The lowest BCUT2D eigenvalue weighted by Crippen LogP contribution is -1.94. The molecule has 68 valence electrons. The average molecular weight is 199 g/mol. The highest BCUT2D eigenvalue weighted by Crippen LogP contribution is 2.13. The van der Waals surface area contributed by atoms with Gasteiger partial charge in [0.2, 0.25) is 0 Å². The van der Waals surface area contributed by atoms with E-state index in [1.54, 1.807) is 6.07 Å². The van der Waals surface area contributed by atoms with Crippen LogP contribution in [0.25, 0.3) is 5.78 Å². The fraction of sp³-hybridized carbons (Fsp3) is 0.286. The molecule has 5 nitrogen and oxygen atoms in total. The summed E-state index contributed by atoms with van der Waals surface area (Å²) in [7, 11) is 1.50. The molecule has 0 amide bonds. The molecule has 2 aromatic heterocycles. The molecule has 0 N–H and O–H groups in total. The summed E-state index contributed by atoms with van der Waals surface area (Å²) >= 11 is 5.90. The summed E-state index contributed by atoms with van der Waals surface area (Å²) in [5, 5.41) is 4.43. The van der Waals surface area contributed by atoms with Crippen LogP contribution in [0.15, 0.2) is 6.07 Å². The van der Waals surface area contributed by atoms with Gasteiger partial charge in [0.05, 0.1) is 7.11 Å². The topological polar surface area (TPSA) is 52.3 Å². The fourth-order valence-corrected chi connectivity index (χ4v) is 1.28. The number of halogens is 1. The molecule has 0 aliphatic rings. The lowest BCUT2D eigenvalue weighted by molar-refractivity contribution is 0.380. The van der Waals surface area contributed by atoms with Gasteiger partial charge >= 0.3 is 6.01 Å². The number of nitrogens with zero attached hydrogens (tertiary/aromatic N) is 4. The zero-order chi connectivity index (χ0) is 9.42. The second-order valence-electron chi connectivity index (χ2n) is 2.53. The van der Waals surface area contributed by atoms with E-state index >= 15 is 0 Å². The SMILES string of the molecule is COc1nc2nc(C)cc(Cl)n2n1. The average Bonchev–Trinajstić information content (AvgIpc) is 2.47. The van der Waals surface area contributed by atoms with Gasteiger partial charge in [0.1, 0.15) is 5.15 Å². The van der Waals surface area contributed by atoms with E-state index in [9.17, 15) is 0 Å². The lowest BCUT2D eigenvalue weighted by Gasteiger charge is -1.94. The van der Waals surface area contributed by atoms with E-state index in [1.807, 2.05) is 6.92 Å². The van der Waals surface area contributed by atoms with E-state index in [4.69, 9.17) is 16.3 Å². The lowest BCUT2D eigenvalue weighted by atomic mass is 10.5. The molecule has 6 heteroatoms. The van der Waals surface area contributed by atoms with Gasteiger partial charge in [-0.05, 0) is 13.0 Å². The predicted molar refractivity (Wildman–Crippen MR) is 47.1 cm³/mol. The second kappa shape index (κ2) is 2.85. The van der Waals surface area contributed by atoms with E-state index in [0.29, 0.717) is 10.9 Å². The Morgan fingerprint density at radius 3 is 2.92 bits per heavy atom. The van der Waals surface area contributed by atoms with Crippen LogP contribution in [0.5, 0.6) is 6.01 Å². The standard InChI is InChI=1S/C7H7ClN4O/c1-4-3-5(8)12-6(9-4)10-7(11-12)13-2/h3H,1-2H3. The Morgan fingerprint density at radius 2 is 2.23 bits per heavy atom. The highest BCUT2D eigenvalue weighted by atomic mass is 35.5. The third-order valence-electron chi connectivity index (χ3n) is 1.56. The minimum atomic E-state index is 0.264. The van der Waals surface area contributed by atoms with E-state index in [1.165, 1.54) is 11.6 Å². The monoisotopic (exact) mass is 198 g/mol. The van der Waals surface area contributed by atoms with Crippen LogP contribution in [0, 0.1) is 6.92 Å². The number of hydrogen-bond acceptors (Lipinski definition) is 4.